The maximum atomic E-state index is 11.4. The van der Waals surface area contributed by atoms with Crippen LogP contribution in [0.3, 0.4) is 0 Å². The van der Waals surface area contributed by atoms with Crippen LogP contribution in [0.4, 0.5) is 0 Å². The molecule has 1 aromatic rings. The van der Waals surface area contributed by atoms with E-state index in [-0.39, 0.29) is 17.6 Å². The third-order valence-corrected chi connectivity index (χ3v) is 4.94. The van der Waals surface area contributed by atoms with Gasteiger partial charge < -0.3 is 14.8 Å². The molecule has 0 amide bonds. The van der Waals surface area contributed by atoms with Gasteiger partial charge in [-0.1, -0.05) is 12.1 Å². The fourth-order valence-electron chi connectivity index (χ4n) is 2.18. The highest BCUT2D eigenvalue weighted by molar-refractivity contribution is 7.91. The topological polar surface area (TPSA) is 64.6 Å². The Labute approximate surface area is 120 Å². The van der Waals surface area contributed by atoms with Gasteiger partial charge in [0.15, 0.2) is 9.84 Å². The molecule has 1 aliphatic heterocycles. The van der Waals surface area contributed by atoms with Crippen LogP contribution < -0.4 is 10.1 Å². The highest BCUT2D eigenvalue weighted by Crippen LogP contribution is 2.20. The molecule has 6 heteroatoms. The van der Waals surface area contributed by atoms with Crippen LogP contribution in [0, 0.1) is 0 Å². The number of ether oxygens (including phenoxy) is 2. The molecule has 20 heavy (non-hydrogen) atoms. The lowest BCUT2D eigenvalue weighted by atomic mass is 10.2. The Morgan fingerprint density at radius 2 is 2.25 bits per heavy atom. The molecule has 112 valence electrons. The first-order chi connectivity index (χ1) is 9.59. The van der Waals surface area contributed by atoms with E-state index in [1.807, 2.05) is 24.3 Å². The van der Waals surface area contributed by atoms with Crippen LogP contribution in [0.25, 0.3) is 0 Å². The van der Waals surface area contributed by atoms with Gasteiger partial charge in [-0.2, -0.15) is 0 Å². The van der Waals surface area contributed by atoms with Gasteiger partial charge in [-0.15, -0.1) is 0 Å². The van der Waals surface area contributed by atoms with Crippen LogP contribution in [-0.4, -0.2) is 46.3 Å². The molecule has 1 aromatic carbocycles. The van der Waals surface area contributed by atoms with Crippen LogP contribution in [0.5, 0.6) is 5.75 Å². The van der Waals surface area contributed by atoms with Crippen molar-refractivity contribution >= 4 is 9.84 Å². The van der Waals surface area contributed by atoms with Crippen LogP contribution in [0.15, 0.2) is 24.3 Å². The summed E-state index contributed by atoms with van der Waals surface area (Å²) in [5, 5.41) is 3.26. The number of methoxy groups -OCH3 is 1. The Morgan fingerprint density at radius 1 is 1.40 bits per heavy atom. The van der Waals surface area contributed by atoms with Gasteiger partial charge in [-0.3, -0.25) is 0 Å². The van der Waals surface area contributed by atoms with Crippen LogP contribution in [0.1, 0.15) is 12.0 Å². The number of rotatable bonds is 7. The number of benzene rings is 1. The molecule has 0 aliphatic carbocycles. The van der Waals surface area contributed by atoms with Gasteiger partial charge >= 0.3 is 0 Å². The Morgan fingerprint density at radius 3 is 2.95 bits per heavy atom. The normalized spacial score (nSPS) is 20.9. The van der Waals surface area contributed by atoms with E-state index in [1.165, 1.54) is 0 Å². The lowest BCUT2D eigenvalue weighted by Crippen LogP contribution is -2.19. The molecule has 1 saturated heterocycles. The molecule has 0 saturated carbocycles. The summed E-state index contributed by atoms with van der Waals surface area (Å²) in [5.74, 6) is 1.09. The number of sulfone groups is 1. The van der Waals surface area contributed by atoms with Crippen molar-refractivity contribution in [3.8, 4) is 5.75 Å². The summed E-state index contributed by atoms with van der Waals surface area (Å²) in [5.41, 5.74) is 1.11. The summed E-state index contributed by atoms with van der Waals surface area (Å²) in [6.07, 6.45) is 0.371. The van der Waals surface area contributed by atoms with Crippen LogP contribution >= 0.6 is 0 Å². The van der Waals surface area contributed by atoms with Gasteiger partial charge in [0.1, 0.15) is 11.9 Å². The second-order valence-electron chi connectivity index (χ2n) is 4.96. The van der Waals surface area contributed by atoms with Crippen molar-refractivity contribution in [2.24, 2.45) is 0 Å². The van der Waals surface area contributed by atoms with Gasteiger partial charge in [0, 0.05) is 20.2 Å². The van der Waals surface area contributed by atoms with Crippen LogP contribution in [0.2, 0.25) is 0 Å². The average Bonchev–Trinajstić information content (AvgIpc) is 2.74. The highest BCUT2D eigenvalue weighted by Gasteiger charge is 2.29. The molecular weight excluding hydrogens is 278 g/mol. The average molecular weight is 299 g/mol. The van der Waals surface area contributed by atoms with Crippen molar-refractivity contribution in [1.29, 1.82) is 0 Å². The molecule has 0 aromatic heterocycles. The minimum Gasteiger partial charge on any atom is -0.489 e. The fourth-order valence-corrected chi connectivity index (χ4v) is 3.77. The molecule has 0 bridgehead atoms. The second kappa shape index (κ2) is 7.06. The predicted octanol–water partition coefficient (Wildman–Crippen LogP) is 0.988. The summed E-state index contributed by atoms with van der Waals surface area (Å²) in [6, 6.07) is 7.75. The summed E-state index contributed by atoms with van der Waals surface area (Å²) in [7, 11) is -1.23. The summed E-state index contributed by atoms with van der Waals surface area (Å²) < 4.78 is 33.5. The van der Waals surface area contributed by atoms with Gasteiger partial charge in [0.2, 0.25) is 0 Å². The maximum absolute atomic E-state index is 11.4. The van der Waals surface area contributed by atoms with Crippen molar-refractivity contribution in [2.45, 2.75) is 19.1 Å². The predicted molar refractivity (Wildman–Crippen MR) is 77.7 cm³/mol. The quantitative estimate of drug-likeness (QED) is 0.761. The van der Waals surface area contributed by atoms with Gasteiger partial charge in [0.05, 0.1) is 18.1 Å². The van der Waals surface area contributed by atoms with Crippen molar-refractivity contribution in [3.63, 3.8) is 0 Å². The van der Waals surface area contributed by atoms with Gasteiger partial charge in [-0.25, -0.2) is 8.42 Å². The zero-order valence-corrected chi connectivity index (χ0v) is 12.5. The molecule has 0 spiro atoms. The first-order valence-corrected chi connectivity index (χ1v) is 8.57. The maximum Gasteiger partial charge on any atom is 0.154 e. The molecule has 1 unspecified atom stereocenters. The molecule has 2 rings (SSSR count). The van der Waals surface area contributed by atoms with E-state index in [0.717, 1.165) is 24.4 Å². The van der Waals surface area contributed by atoms with E-state index in [1.54, 1.807) is 7.11 Å². The Hall–Kier alpha value is -1.11. The monoisotopic (exact) mass is 299 g/mol. The third kappa shape index (κ3) is 4.77. The molecular formula is C14H21NO4S. The molecule has 1 aliphatic rings. The lowest BCUT2D eigenvalue weighted by Gasteiger charge is -2.13. The molecule has 1 fully saturated rings. The van der Waals surface area contributed by atoms with E-state index in [0.29, 0.717) is 13.0 Å². The molecule has 5 nitrogen and oxygen atoms in total. The molecule has 1 atom stereocenters. The van der Waals surface area contributed by atoms with E-state index >= 15 is 0 Å². The van der Waals surface area contributed by atoms with Crippen molar-refractivity contribution in [2.75, 3.05) is 31.8 Å². The van der Waals surface area contributed by atoms with Crippen molar-refractivity contribution in [3.05, 3.63) is 29.8 Å². The number of hydrogen-bond acceptors (Lipinski definition) is 5. The van der Waals surface area contributed by atoms with Crippen molar-refractivity contribution in [1.82, 2.24) is 5.32 Å². The minimum atomic E-state index is -2.90. The highest BCUT2D eigenvalue weighted by atomic mass is 32.2. The fraction of sp³-hybridized carbons (Fsp3) is 0.571. The van der Waals surface area contributed by atoms with Crippen LogP contribution in [-0.2, 0) is 21.1 Å². The molecule has 1 heterocycles. The lowest BCUT2D eigenvalue weighted by molar-refractivity contribution is 0.199. The Kier molecular flexibility index (Phi) is 5.39. The van der Waals surface area contributed by atoms with E-state index in [4.69, 9.17) is 9.47 Å². The van der Waals surface area contributed by atoms with E-state index in [9.17, 15) is 8.42 Å². The van der Waals surface area contributed by atoms with Crippen molar-refractivity contribution < 1.29 is 17.9 Å². The third-order valence-electron chi connectivity index (χ3n) is 3.20. The SMILES string of the molecule is COCCNCc1cccc(OC2CCS(=O)(=O)C2)c1. The largest absolute Gasteiger partial charge is 0.489 e. The summed E-state index contributed by atoms with van der Waals surface area (Å²) >= 11 is 0. The Bertz CT molecular complexity index is 530. The summed E-state index contributed by atoms with van der Waals surface area (Å²) in [4.78, 5) is 0. The van der Waals surface area contributed by atoms with Gasteiger partial charge in [-0.05, 0) is 24.1 Å². The zero-order valence-electron chi connectivity index (χ0n) is 11.7. The first kappa shape index (κ1) is 15.3. The van der Waals surface area contributed by atoms with E-state index < -0.39 is 9.84 Å². The number of hydrogen-bond donors (Lipinski definition) is 1. The minimum absolute atomic E-state index is 0.128. The van der Waals surface area contributed by atoms with Gasteiger partial charge in [0.25, 0.3) is 0 Å². The standard InChI is InChI=1S/C14H21NO4S/c1-18-7-6-15-10-12-3-2-4-13(9-12)19-14-5-8-20(16,17)11-14/h2-4,9,14-15H,5-8,10-11H2,1H3. The summed E-state index contributed by atoms with van der Waals surface area (Å²) in [6.45, 7) is 2.21. The number of nitrogens with one attached hydrogen (secondary N) is 1. The molecule has 1 N–H and O–H groups in total. The second-order valence-corrected chi connectivity index (χ2v) is 7.19. The molecule has 0 radical (unpaired) electrons. The van der Waals surface area contributed by atoms with E-state index in [2.05, 4.69) is 5.32 Å². The first-order valence-electron chi connectivity index (χ1n) is 6.75. The zero-order chi connectivity index (χ0) is 14.4. The Balaban J connectivity index is 1.86. The smallest absolute Gasteiger partial charge is 0.154 e.